The molecule has 0 saturated heterocycles. The molecule has 0 aliphatic carbocycles. The number of ether oxygens (including phenoxy) is 1. The summed E-state index contributed by atoms with van der Waals surface area (Å²) in [6.07, 6.45) is 2.51. The van der Waals surface area contributed by atoms with Crippen LogP contribution in [0.5, 0.6) is 0 Å². The standard InChI is InChI=1S/C16H18F3N5O3.C2H4/c1-3-12(24(25)26)5-4-10(2)13-11(7-27-8-16(17,18)19)6-23-14(13)15(20)21-9-22-23;1-2/h3-6,9-10H,7-8H2,1-2H3,(H2,20,21,22);1-2H2/b5-4-,12-3+;. The molecule has 2 aromatic heterocycles. The van der Waals surface area contributed by atoms with Crippen molar-refractivity contribution in [2.45, 2.75) is 32.5 Å². The molecule has 29 heavy (non-hydrogen) atoms. The molecule has 1 unspecified atom stereocenters. The zero-order chi connectivity index (χ0) is 22.2. The molecule has 0 radical (unpaired) electrons. The van der Waals surface area contributed by atoms with E-state index in [4.69, 9.17) is 10.5 Å². The van der Waals surface area contributed by atoms with Crippen molar-refractivity contribution in [3.63, 3.8) is 0 Å². The van der Waals surface area contributed by atoms with Gasteiger partial charge in [0, 0.05) is 23.8 Å². The molecule has 2 heterocycles. The van der Waals surface area contributed by atoms with Crippen LogP contribution >= 0.6 is 0 Å². The maximum Gasteiger partial charge on any atom is 0.411 e. The molecule has 2 aromatic rings. The van der Waals surface area contributed by atoms with Crippen LogP contribution in [0.4, 0.5) is 19.0 Å². The van der Waals surface area contributed by atoms with Crippen molar-refractivity contribution in [1.29, 1.82) is 0 Å². The highest BCUT2D eigenvalue weighted by atomic mass is 19.4. The first-order valence-corrected chi connectivity index (χ1v) is 8.38. The number of halogens is 3. The fraction of sp³-hybridized carbons (Fsp3) is 0.333. The Bertz CT molecular complexity index is 906. The van der Waals surface area contributed by atoms with Gasteiger partial charge in [-0.1, -0.05) is 13.0 Å². The predicted octanol–water partition coefficient (Wildman–Crippen LogP) is 4.03. The van der Waals surface area contributed by atoms with Crippen molar-refractivity contribution in [1.82, 2.24) is 14.6 Å². The minimum absolute atomic E-state index is 0.107. The predicted molar refractivity (Wildman–Crippen MR) is 103 cm³/mol. The van der Waals surface area contributed by atoms with Crippen LogP contribution in [-0.2, 0) is 11.3 Å². The van der Waals surface area contributed by atoms with Crippen molar-refractivity contribution in [2.24, 2.45) is 0 Å². The van der Waals surface area contributed by atoms with Crippen LogP contribution in [0.3, 0.4) is 0 Å². The first-order chi connectivity index (χ1) is 13.6. The van der Waals surface area contributed by atoms with Gasteiger partial charge in [0.1, 0.15) is 18.5 Å². The molecule has 0 amide bonds. The van der Waals surface area contributed by atoms with Gasteiger partial charge in [-0.3, -0.25) is 10.1 Å². The third-order valence-electron chi connectivity index (χ3n) is 3.76. The molecule has 2 N–H and O–H groups in total. The molecule has 1 atom stereocenters. The average molecular weight is 413 g/mol. The summed E-state index contributed by atoms with van der Waals surface area (Å²) in [6.45, 7) is 7.55. The summed E-state index contributed by atoms with van der Waals surface area (Å²) in [5, 5.41) is 14.9. The number of nitrogens with two attached hydrogens (primary N) is 1. The molecule has 0 fully saturated rings. The fourth-order valence-electron chi connectivity index (χ4n) is 2.61. The minimum atomic E-state index is -4.45. The Labute approximate surface area is 165 Å². The normalized spacial score (nSPS) is 13.3. The van der Waals surface area contributed by atoms with E-state index in [-0.39, 0.29) is 18.1 Å². The number of allylic oxidation sites excluding steroid dienone is 3. The first-order valence-electron chi connectivity index (χ1n) is 8.38. The Kier molecular flexibility index (Phi) is 8.52. The lowest BCUT2D eigenvalue weighted by molar-refractivity contribution is -0.419. The molecule has 8 nitrogen and oxygen atoms in total. The molecule has 0 spiro atoms. The minimum Gasteiger partial charge on any atom is -0.382 e. The highest BCUT2D eigenvalue weighted by molar-refractivity contribution is 5.73. The molecular formula is C18H22F3N5O3. The number of anilines is 1. The fourth-order valence-corrected chi connectivity index (χ4v) is 2.61. The second-order valence-corrected chi connectivity index (χ2v) is 5.73. The Balaban J connectivity index is 0.00000204. The number of nitrogen functional groups attached to an aromatic ring is 1. The van der Waals surface area contributed by atoms with Crippen LogP contribution in [0.25, 0.3) is 5.52 Å². The molecule has 2 rings (SSSR count). The number of fused-ring (bicyclic) bond motifs is 1. The van der Waals surface area contributed by atoms with E-state index in [1.54, 1.807) is 13.0 Å². The number of hydrogen-bond acceptors (Lipinski definition) is 6. The van der Waals surface area contributed by atoms with Gasteiger partial charge in [0.15, 0.2) is 5.82 Å². The number of aromatic nitrogens is 3. The number of hydrogen-bond donors (Lipinski definition) is 1. The SMILES string of the molecule is C/C=C(\C=C/C(C)c1c(COCC(F)(F)F)cn2ncnc(N)c12)[N+](=O)[O-].C=C. The van der Waals surface area contributed by atoms with Gasteiger partial charge in [-0.15, -0.1) is 13.2 Å². The van der Waals surface area contributed by atoms with E-state index >= 15 is 0 Å². The van der Waals surface area contributed by atoms with E-state index < -0.39 is 23.6 Å². The van der Waals surface area contributed by atoms with Crippen molar-refractivity contribution in [3.8, 4) is 0 Å². The van der Waals surface area contributed by atoms with Crippen LogP contribution < -0.4 is 5.73 Å². The average Bonchev–Trinajstić information content (AvgIpc) is 3.02. The van der Waals surface area contributed by atoms with Crippen LogP contribution in [0.2, 0.25) is 0 Å². The summed E-state index contributed by atoms with van der Waals surface area (Å²) >= 11 is 0. The summed E-state index contributed by atoms with van der Waals surface area (Å²) in [5.74, 6) is -0.273. The van der Waals surface area contributed by atoms with Gasteiger partial charge in [-0.05, 0) is 18.6 Å². The van der Waals surface area contributed by atoms with Crippen molar-refractivity contribution >= 4 is 11.3 Å². The number of nitrogens with zero attached hydrogens (tertiary/aromatic N) is 4. The van der Waals surface area contributed by atoms with Crippen molar-refractivity contribution < 1.29 is 22.8 Å². The molecule has 158 valence electrons. The summed E-state index contributed by atoms with van der Waals surface area (Å²) in [4.78, 5) is 14.3. The van der Waals surface area contributed by atoms with Gasteiger partial charge in [0.2, 0.25) is 0 Å². The molecule has 11 heteroatoms. The van der Waals surface area contributed by atoms with Gasteiger partial charge >= 0.3 is 6.18 Å². The number of rotatable bonds is 7. The van der Waals surface area contributed by atoms with Crippen LogP contribution in [-0.4, -0.2) is 32.3 Å². The lowest BCUT2D eigenvalue weighted by Crippen LogP contribution is -2.16. The maximum atomic E-state index is 12.4. The first kappa shape index (κ1) is 23.8. The zero-order valence-electron chi connectivity index (χ0n) is 16.0. The molecule has 0 saturated carbocycles. The van der Waals surface area contributed by atoms with E-state index in [9.17, 15) is 23.3 Å². The van der Waals surface area contributed by atoms with Crippen LogP contribution in [0, 0.1) is 10.1 Å². The third-order valence-corrected chi connectivity index (χ3v) is 3.76. The van der Waals surface area contributed by atoms with E-state index in [1.165, 1.54) is 36.1 Å². The van der Waals surface area contributed by atoms with E-state index in [0.717, 1.165) is 0 Å². The smallest absolute Gasteiger partial charge is 0.382 e. The second kappa shape index (κ2) is 10.4. The lowest BCUT2D eigenvalue weighted by Gasteiger charge is -2.11. The highest BCUT2D eigenvalue weighted by Crippen LogP contribution is 2.31. The van der Waals surface area contributed by atoms with E-state index in [1.807, 2.05) is 0 Å². The summed E-state index contributed by atoms with van der Waals surface area (Å²) < 4.78 is 43.2. The monoisotopic (exact) mass is 413 g/mol. The molecule has 0 bridgehead atoms. The second-order valence-electron chi connectivity index (χ2n) is 5.73. The van der Waals surface area contributed by atoms with Gasteiger partial charge in [0.05, 0.1) is 11.5 Å². The van der Waals surface area contributed by atoms with Crippen molar-refractivity contribution in [3.05, 3.63) is 70.8 Å². The highest BCUT2D eigenvalue weighted by Gasteiger charge is 2.28. The Morgan fingerprint density at radius 2 is 2.14 bits per heavy atom. The molecule has 0 aliphatic heterocycles. The van der Waals surface area contributed by atoms with E-state index in [0.29, 0.717) is 16.6 Å². The molecular weight excluding hydrogens is 391 g/mol. The Morgan fingerprint density at radius 1 is 1.48 bits per heavy atom. The largest absolute Gasteiger partial charge is 0.411 e. The number of nitro groups is 1. The van der Waals surface area contributed by atoms with Crippen molar-refractivity contribution in [2.75, 3.05) is 12.3 Å². The Hall–Kier alpha value is -3.21. The molecule has 0 aliphatic rings. The molecule has 0 aromatic carbocycles. The summed E-state index contributed by atoms with van der Waals surface area (Å²) in [7, 11) is 0. The van der Waals surface area contributed by atoms with Gasteiger partial charge in [0.25, 0.3) is 5.70 Å². The van der Waals surface area contributed by atoms with Gasteiger partial charge in [-0.2, -0.15) is 18.3 Å². The lowest BCUT2D eigenvalue weighted by atomic mass is 9.97. The maximum absolute atomic E-state index is 12.4. The number of alkyl halides is 3. The van der Waals surface area contributed by atoms with Crippen LogP contribution in [0.1, 0.15) is 30.9 Å². The van der Waals surface area contributed by atoms with Gasteiger partial charge < -0.3 is 10.5 Å². The quantitative estimate of drug-likeness (QED) is 0.318. The third kappa shape index (κ3) is 6.42. The topological polar surface area (TPSA) is 109 Å². The summed E-state index contributed by atoms with van der Waals surface area (Å²) in [5.41, 5.74) is 7.20. The van der Waals surface area contributed by atoms with Crippen LogP contribution in [0.15, 0.2) is 49.6 Å². The van der Waals surface area contributed by atoms with E-state index in [2.05, 4.69) is 23.2 Å². The Morgan fingerprint density at radius 3 is 2.69 bits per heavy atom. The van der Waals surface area contributed by atoms with Gasteiger partial charge in [-0.25, -0.2) is 9.50 Å². The zero-order valence-corrected chi connectivity index (χ0v) is 16.0. The summed E-state index contributed by atoms with van der Waals surface area (Å²) in [6, 6.07) is 0.